The molecule has 5 N–H and O–H groups in total. The van der Waals surface area contributed by atoms with Crippen molar-refractivity contribution in [3.05, 3.63) is 11.4 Å². The van der Waals surface area contributed by atoms with E-state index in [1.54, 1.807) is 0 Å². The predicted octanol–water partition coefficient (Wildman–Crippen LogP) is 0.977. The molecule has 7 heteroatoms. The van der Waals surface area contributed by atoms with Crippen LogP contribution in [0, 0.1) is 6.92 Å². The van der Waals surface area contributed by atoms with Crippen LogP contribution in [0.15, 0.2) is 0 Å². The lowest BCUT2D eigenvalue weighted by Crippen LogP contribution is -2.42. The Labute approximate surface area is 125 Å². The van der Waals surface area contributed by atoms with Crippen LogP contribution >= 0.6 is 0 Å². The Morgan fingerprint density at radius 2 is 1.95 bits per heavy atom. The van der Waals surface area contributed by atoms with E-state index >= 15 is 0 Å². The van der Waals surface area contributed by atoms with Crippen LogP contribution in [0.25, 0.3) is 0 Å². The second-order valence-electron chi connectivity index (χ2n) is 5.55. The fraction of sp³-hybridized carbons (Fsp3) is 0.714. The number of nitrogens with zero attached hydrogens (tertiary/aromatic N) is 2. The van der Waals surface area contributed by atoms with Crippen molar-refractivity contribution in [1.29, 1.82) is 0 Å². The zero-order chi connectivity index (χ0) is 15.3. The largest absolute Gasteiger partial charge is 0.388 e. The van der Waals surface area contributed by atoms with E-state index in [4.69, 9.17) is 10.6 Å². The lowest BCUT2D eigenvalue weighted by atomic mass is 9.94. The van der Waals surface area contributed by atoms with Gasteiger partial charge in [0.2, 0.25) is 0 Å². The highest BCUT2D eigenvalue weighted by Gasteiger charge is 2.29. The minimum Gasteiger partial charge on any atom is -0.388 e. The topological polar surface area (TPSA) is 105 Å². The van der Waals surface area contributed by atoms with Gasteiger partial charge in [0.1, 0.15) is 17.5 Å². The fourth-order valence-corrected chi connectivity index (χ4v) is 2.39. The summed E-state index contributed by atoms with van der Waals surface area (Å²) in [6.45, 7) is 5.62. The number of hydrazine groups is 1. The van der Waals surface area contributed by atoms with E-state index in [1.807, 2.05) is 6.92 Å². The van der Waals surface area contributed by atoms with Gasteiger partial charge in [-0.1, -0.05) is 6.92 Å². The SMILES string of the molecule is CCCc1nc(NN)c(C)c(NCC2(O)CCOCC2)n1. The third kappa shape index (κ3) is 4.03. The van der Waals surface area contributed by atoms with Crippen molar-refractivity contribution in [3.8, 4) is 0 Å². The molecule has 0 amide bonds. The van der Waals surface area contributed by atoms with Crippen molar-refractivity contribution in [1.82, 2.24) is 9.97 Å². The lowest BCUT2D eigenvalue weighted by Gasteiger charge is -2.32. The van der Waals surface area contributed by atoms with Crippen molar-refractivity contribution >= 4 is 11.6 Å². The Kier molecular flexibility index (Phi) is 5.33. The first kappa shape index (κ1) is 15.9. The van der Waals surface area contributed by atoms with Crippen LogP contribution in [0.2, 0.25) is 0 Å². The molecule has 0 saturated carbocycles. The Balaban J connectivity index is 2.12. The molecular formula is C14H25N5O2. The van der Waals surface area contributed by atoms with Crippen LogP contribution in [0.3, 0.4) is 0 Å². The summed E-state index contributed by atoms with van der Waals surface area (Å²) in [6, 6.07) is 0. The molecule has 0 aliphatic carbocycles. The van der Waals surface area contributed by atoms with Crippen LogP contribution in [-0.2, 0) is 11.2 Å². The molecule has 2 heterocycles. The zero-order valence-electron chi connectivity index (χ0n) is 12.8. The minimum absolute atomic E-state index is 0.448. The number of aromatic nitrogens is 2. The van der Waals surface area contributed by atoms with E-state index in [1.165, 1.54) is 0 Å². The molecule has 7 nitrogen and oxygen atoms in total. The van der Waals surface area contributed by atoms with Crippen LogP contribution < -0.4 is 16.6 Å². The van der Waals surface area contributed by atoms with E-state index in [0.717, 1.165) is 30.0 Å². The van der Waals surface area contributed by atoms with E-state index < -0.39 is 5.60 Å². The molecule has 0 aromatic carbocycles. The van der Waals surface area contributed by atoms with Crippen LogP contribution in [0.1, 0.15) is 37.6 Å². The average Bonchev–Trinajstić information content (AvgIpc) is 2.48. The van der Waals surface area contributed by atoms with Crippen molar-refractivity contribution in [3.63, 3.8) is 0 Å². The van der Waals surface area contributed by atoms with E-state index in [-0.39, 0.29) is 0 Å². The molecule has 0 radical (unpaired) electrons. The zero-order valence-corrected chi connectivity index (χ0v) is 12.8. The van der Waals surface area contributed by atoms with Crippen molar-refractivity contribution < 1.29 is 9.84 Å². The predicted molar refractivity (Wildman–Crippen MR) is 82.1 cm³/mol. The summed E-state index contributed by atoms with van der Waals surface area (Å²) in [4.78, 5) is 8.91. The molecule has 1 aromatic rings. The number of rotatable bonds is 6. The Hall–Kier alpha value is -1.44. The van der Waals surface area contributed by atoms with Gasteiger partial charge in [-0.25, -0.2) is 15.8 Å². The summed E-state index contributed by atoms with van der Waals surface area (Å²) in [5, 5.41) is 13.7. The number of nitrogens with two attached hydrogens (primary N) is 1. The number of aliphatic hydroxyl groups is 1. The second kappa shape index (κ2) is 7.02. The van der Waals surface area contributed by atoms with Gasteiger partial charge in [0, 0.05) is 44.6 Å². The molecule has 0 unspecified atom stereocenters. The Bertz CT molecular complexity index is 475. The lowest BCUT2D eigenvalue weighted by molar-refractivity contribution is -0.0543. The molecule has 1 aliphatic heterocycles. The maximum absolute atomic E-state index is 10.5. The van der Waals surface area contributed by atoms with E-state index in [9.17, 15) is 5.11 Å². The highest BCUT2D eigenvalue weighted by Crippen LogP contribution is 2.24. The van der Waals surface area contributed by atoms with Gasteiger partial charge in [-0.05, 0) is 13.3 Å². The number of hydrogen-bond donors (Lipinski definition) is 4. The van der Waals surface area contributed by atoms with Crippen molar-refractivity contribution in [2.45, 2.75) is 45.1 Å². The second-order valence-corrected chi connectivity index (χ2v) is 5.55. The van der Waals surface area contributed by atoms with Gasteiger partial charge in [-0.2, -0.15) is 0 Å². The molecule has 2 rings (SSSR count). The van der Waals surface area contributed by atoms with E-state index in [0.29, 0.717) is 38.4 Å². The molecule has 0 spiro atoms. The summed E-state index contributed by atoms with van der Waals surface area (Å²) in [5.41, 5.74) is 2.72. The monoisotopic (exact) mass is 295 g/mol. The standard InChI is InChI=1S/C14H25N5O2/c1-3-4-11-17-12(10(2)13(18-11)19-15)16-9-14(20)5-7-21-8-6-14/h20H,3-9,15H2,1-2H3,(H2,16,17,18,19). The van der Waals surface area contributed by atoms with Gasteiger partial charge in [-0.3, -0.25) is 0 Å². The Morgan fingerprint density at radius 3 is 2.57 bits per heavy atom. The average molecular weight is 295 g/mol. The quantitative estimate of drug-likeness (QED) is 0.458. The van der Waals surface area contributed by atoms with Crippen LogP contribution in [0.5, 0.6) is 0 Å². The number of aryl methyl sites for hydroxylation is 1. The molecule has 1 aliphatic rings. The van der Waals surface area contributed by atoms with Gasteiger partial charge in [0.15, 0.2) is 0 Å². The first-order chi connectivity index (χ1) is 10.1. The highest BCUT2D eigenvalue weighted by molar-refractivity contribution is 5.56. The third-order valence-corrected chi connectivity index (χ3v) is 3.81. The summed E-state index contributed by atoms with van der Waals surface area (Å²) >= 11 is 0. The fourth-order valence-electron chi connectivity index (χ4n) is 2.39. The normalized spacial score (nSPS) is 17.5. The molecule has 1 aromatic heterocycles. The molecule has 1 fully saturated rings. The maximum atomic E-state index is 10.5. The summed E-state index contributed by atoms with van der Waals surface area (Å²) in [7, 11) is 0. The first-order valence-corrected chi connectivity index (χ1v) is 7.46. The van der Waals surface area contributed by atoms with Gasteiger partial charge >= 0.3 is 0 Å². The van der Waals surface area contributed by atoms with E-state index in [2.05, 4.69) is 27.6 Å². The van der Waals surface area contributed by atoms with Crippen LogP contribution in [-0.4, -0.2) is 40.4 Å². The number of hydrogen-bond acceptors (Lipinski definition) is 7. The molecule has 1 saturated heterocycles. The molecule has 0 bridgehead atoms. The van der Waals surface area contributed by atoms with Gasteiger partial charge in [0.05, 0.1) is 5.60 Å². The smallest absolute Gasteiger partial charge is 0.148 e. The summed E-state index contributed by atoms with van der Waals surface area (Å²) in [6.07, 6.45) is 3.03. The minimum atomic E-state index is -0.739. The molecule has 21 heavy (non-hydrogen) atoms. The number of anilines is 2. The number of nitrogen functional groups attached to an aromatic ring is 1. The van der Waals surface area contributed by atoms with Gasteiger partial charge in [-0.15, -0.1) is 0 Å². The van der Waals surface area contributed by atoms with Crippen molar-refractivity contribution in [2.24, 2.45) is 5.84 Å². The van der Waals surface area contributed by atoms with Crippen LogP contribution in [0.4, 0.5) is 11.6 Å². The van der Waals surface area contributed by atoms with Crippen molar-refractivity contribution in [2.75, 3.05) is 30.5 Å². The Morgan fingerprint density at radius 1 is 1.29 bits per heavy atom. The highest BCUT2D eigenvalue weighted by atomic mass is 16.5. The first-order valence-electron chi connectivity index (χ1n) is 7.46. The van der Waals surface area contributed by atoms with Gasteiger partial charge in [0.25, 0.3) is 0 Å². The number of ether oxygens (including phenoxy) is 1. The van der Waals surface area contributed by atoms with Gasteiger partial charge < -0.3 is 20.6 Å². The molecule has 118 valence electrons. The molecular weight excluding hydrogens is 270 g/mol. The molecule has 0 atom stereocenters. The number of nitrogens with one attached hydrogen (secondary N) is 2. The third-order valence-electron chi connectivity index (χ3n) is 3.81. The summed E-state index contributed by atoms with van der Waals surface area (Å²) in [5.74, 6) is 7.61. The summed E-state index contributed by atoms with van der Waals surface area (Å²) < 4.78 is 5.29. The maximum Gasteiger partial charge on any atom is 0.148 e.